The number of fused-ring (bicyclic) bond motifs is 1. The highest BCUT2D eigenvalue weighted by atomic mass is 16.5. The lowest BCUT2D eigenvalue weighted by molar-refractivity contribution is 0.0339. The molecule has 3 aromatic rings. The van der Waals surface area contributed by atoms with Gasteiger partial charge in [0.05, 0.1) is 0 Å². The molecule has 0 saturated heterocycles. The van der Waals surface area contributed by atoms with Gasteiger partial charge in [-0.05, 0) is 57.4 Å². The van der Waals surface area contributed by atoms with Crippen LogP contribution in [0.25, 0.3) is 10.9 Å². The molecule has 150 valence electrons. The Bertz CT molecular complexity index is 881. The number of β-amino-alcohol motifs (C(OH)–C–C–N with tert-alkyl or cyclic N) is 1. The fourth-order valence-electron chi connectivity index (χ4n) is 3.54. The number of aliphatic hydroxyl groups is 1. The summed E-state index contributed by atoms with van der Waals surface area (Å²) in [5.41, 5.74) is 3.51. The maximum Gasteiger partial charge on any atom is 0.129 e. The third-order valence-corrected chi connectivity index (χ3v) is 5.19. The largest absolute Gasteiger partial charge is 0.490 e. The van der Waals surface area contributed by atoms with Gasteiger partial charge in [0.1, 0.15) is 18.5 Å². The number of H-pyrrole nitrogens is 1. The lowest BCUT2D eigenvalue weighted by atomic mass is 10.0. The third-order valence-electron chi connectivity index (χ3n) is 5.19. The number of aryl methyl sites for hydroxylation is 1. The summed E-state index contributed by atoms with van der Waals surface area (Å²) in [6, 6.07) is 16.5. The fourth-order valence-corrected chi connectivity index (χ4v) is 3.54. The molecule has 0 radical (unpaired) electrons. The number of nitrogens with one attached hydrogen (secondary N) is 1. The summed E-state index contributed by atoms with van der Waals surface area (Å²) in [7, 11) is 0. The van der Waals surface area contributed by atoms with Gasteiger partial charge in [0.15, 0.2) is 0 Å². The van der Waals surface area contributed by atoms with Crippen LogP contribution in [-0.4, -0.2) is 46.3 Å². The molecule has 1 aromatic heterocycles. The standard InChI is InChI=1S/C24H32N2O2/c1-18-15-25-21-11-8-12-22(23(18)21)28-17-20(27)16-26(24(2,3)4)14-13-19-9-6-5-7-10-19/h5-12,15,20,25,27H,13-14,16-17H2,1-4H3/t20-/m0/s1. The highest BCUT2D eigenvalue weighted by Crippen LogP contribution is 2.28. The van der Waals surface area contributed by atoms with E-state index in [9.17, 15) is 5.11 Å². The van der Waals surface area contributed by atoms with Crippen LogP contribution in [-0.2, 0) is 6.42 Å². The average Bonchev–Trinajstić information content (AvgIpc) is 3.05. The van der Waals surface area contributed by atoms with Gasteiger partial charge in [0.25, 0.3) is 0 Å². The average molecular weight is 381 g/mol. The zero-order valence-electron chi connectivity index (χ0n) is 17.4. The molecule has 0 fully saturated rings. The van der Waals surface area contributed by atoms with Crippen LogP contribution >= 0.6 is 0 Å². The second kappa shape index (κ2) is 8.80. The topological polar surface area (TPSA) is 48.5 Å². The van der Waals surface area contributed by atoms with E-state index in [1.54, 1.807) is 0 Å². The lowest BCUT2D eigenvalue weighted by Gasteiger charge is -2.37. The Kier molecular flexibility index (Phi) is 6.42. The van der Waals surface area contributed by atoms with Gasteiger partial charge < -0.3 is 14.8 Å². The predicted molar refractivity (Wildman–Crippen MR) is 116 cm³/mol. The number of rotatable bonds is 8. The maximum atomic E-state index is 10.7. The van der Waals surface area contributed by atoms with Gasteiger partial charge in [-0.1, -0.05) is 36.4 Å². The summed E-state index contributed by atoms with van der Waals surface area (Å²) in [5.74, 6) is 0.821. The number of nitrogens with zero attached hydrogens (tertiary/aromatic N) is 1. The number of aromatic amines is 1. The van der Waals surface area contributed by atoms with Crippen LogP contribution in [0.1, 0.15) is 31.9 Å². The quantitative estimate of drug-likeness (QED) is 0.602. The Balaban J connectivity index is 1.60. The third kappa shape index (κ3) is 5.15. The Hall–Kier alpha value is -2.30. The van der Waals surface area contributed by atoms with Gasteiger partial charge in [0.2, 0.25) is 0 Å². The van der Waals surface area contributed by atoms with Gasteiger partial charge in [-0.15, -0.1) is 0 Å². The first kappa shape index (κ1) is 20.4. The molecule has 4 heteroatoms. The molecule has 0 aliphatic heterocycles. The van der Waals surface area contributed by atoms with Crippen molar-refractivity contribution in [2.45, 2.75) is 45.8 Å². The van der Waals surface area contributed by atoms with E-state index in [2.05, 4.69) is 61.8 Å². The van der Waals surface area contributed by atoms with Gasteiger partial charge in [0, 0.05) is 35.7 Å². The number of hydrogen-bond donors (Lipinski definition) is 2. The second-order valence-corrected chi connectivity index (χ2v) is 8.47. The second-order valence-electron chi connectivity index (χ2n) is 8.47. The molecule has 0 aliphatic rings. The molecule has 2 aromatic carbocycles. The first-order valence-electron chi connectivity index (χ1n) is 10.0. The minimum absolute atomic E-state index is 0.0208. The van der Waals surface area contributed by atoms with Crippen LogP contribution in [0.3, 0.4) is 0 Å². The Morgan fingerprint density at radius 1 is 1.07 bits per heavy atom. The van der Waals surface area contributed by atoms with E-state index in [0.29, 0.717) is 6.54 Å². The Labute approximate surface area is 168 Å². The molecular weight excluding hydrogens is 348 g/mol. The summed E-state index contributed by atoms with van der Waals surface area (Å²) in [4.78, 5) is 5.58. The molecule has 0 saturated carbocycles. The van der Waals surface area contributed by atoms with Crippen molar-refractivity contribution in [2.75, 3.05) is 19.7 Å². The number of ether oxygens (including phenoxy) is 1. The molecule has 28 heavy (non-hydrogen) atoms. The molecule has 0 unspecified atom stereocenters. The van der Waals surface area contributed by atoms with E-state index in [0.717, 1.165) is 35.2 Å². The van der Waals surface area contributed by atoms with Crippen molar-refractivity contribution in [3.8, 4) is 5.75 Å². The van der Waals surface area contributed by atoms with Gasteiger partial charge >= 0.3 is 0 Å². The van der Waals surface area contributed by atoms with E-state index in [4.69, 9.17) is 4.74 Å². The van der Waals surface area contributed by atoms with E-state index in [-0.39, 0.29) is 12.1 Å². The molecule has 1 heterocycles. The molecule has 1 atom stereocenters. The van der Waals surface area contributed by atoms with Crippen molar-refractivity contribution < 1.29 is 9.84 Å². The first-order valence-corrected chi connectivity index (χ1v) is 10.0. The molecule has 3 rings (SSSR count). The monoisotopic (exact) mass is 380 g/mol. The number of aromatic nitrogens is 1. The van der Waals surface area contributed by atoms with E-state index in [1.165, 1.54) is 5.56 Å². The van der Waals surface area contributed by atoms with Crippen molar-refractivity contribution in [3.05, 3.63) is 65.9 Å². The zero-order valence-corrected chi connectivity index (χ0v) is 17.4. The van der Waals surface area contributed by atoms with Crippen LogP contribution < -0.4 is 4.74 Å². The fraction of sp³-hybridized carbons (Fsp3) is 0.417. The summed E-state index contributed by atoms with van der Waals surface area (Å²) in [5, 5.41) is 11.7. The van der Waals surface area contributed by atoms with Crippen molar-refractivity contribution in [1.29, 1.82) is 0 Å². The van der Waals surface area contributed by atoms with E-state index >= 15 is 0 Å². The molecule has 2 N–H and O–H groups in total. The van der Waals surface area contributed by atoms with Gasteiger partial charge in [-0.3, -0.25) is 4.90 Å². The maximum absolute atomic E-state index is 10.7. The Morgan fingerprint density at radius 2 is 1.82 bits per heavy atom. The van der Waals surface area contributed by atoms with Gasteiger partial charge in [-0.25, -0.2) is 0 Å². The van der Waals surface area contributed by atoms with Crippen LogP contribution in [0.15, 0.2) is 54.7 Å². The summed E-state index contributed by atoms with van der Waals surface area (Å²) in [6.45, 7) is 10.4. The molecule has 4 nitrogen and oxygen atoms in total. The molecule has 0 bridgehead atoms. The molecule has 0 aliphatic carbocycles. The van der Waals surface area contributed by atoms with Crippen molar-refractivity contribution in [2.24, 2.45) is 0 Å². The number of hydrogen-bond acceptors (Lipinski definition) is 3. The van der Waals surface area contributed by atoms with Crippen molar-refractivity contribution >= 4 is 10.9 Å². The van der Waals surface area contributed by atoms with Crippen molar-refractivity contribution in [1.82, 2.24) is 9.88 Å². The lowest BCUT2D eigenvalue weighted by Crippen LogP contribution is -2.47. The van der Waals surface area contributed by atoms with Crippen LogP contribution in [0, 0.1) is 6.92 Å². The SMILES string of the molecule is Cc1c[nH]c2cccc(OC[C@@H](O)CN(CCc3ccccc3)C(C)(C)C)c12. The zero-order chi connectivity index (χ0) is 20.1. The Morgan fingerprint density at radius 3 is 2.54 bits per heavy atom. The minimum atomic E-state index is -0.551. The summed E-state index contributed by atoms with van der Waals surface area (Å²) in [6.07, 6.45) is 2.40. The van der Waals surface area contributed by atoms with E-state index < -0.39 is 6.10 Å². The normalized spacial score (nSPS) is 13.2. The number of aliphatic hydroxyl groups excluding tert-OH is 1. The molecular formula is C24H32N2O2. The minimum Gasteiger partial charge on any atom is -0.490 e. The van der Waals surface area contributed by atoms with Gasteiger partial charge in [-0.2, -0.15) is 0 Å². The van der Waals surface area contributed by atoms with Crippen LogP contribution in [0.4, 0.5) is 0 Å². The predicted octanol–water partition coefficient (Wildman–Crippen LogP) is 4.56. The molecule has 0 spiro atoms. The first-order chi connectivity index (χ1) is 13.3. The van der Waals surface area contributed by atoms with Crippen LogP contribution in [0.5, 0.6) is 5.75 Å². The van der Waals surface area contributed by atoms with Crippen molar-refractivity contribution in [3.63, 3.8) is 0 Å². The highest BCUT2D eigenvalue weighted by molar-refractivity contribution is 5.89. The number of benzene rings is 2. The summed E-state index contributed by atoms with van der Waals surface area (Å²) >= 11 is 0. The molecule has 0 amide bonds. The van der Waals surface area contributed by atoms with Crippen LogP contribution in [0.2, 0.25) is 0 Å². The highest BCUT2D eigenvalue weighted by Gasteiger charge is 2.24. The summed E-state index contributed by atoms with van der Waals surface area (Å²) < 4.78 is 6.00. The van der Waals surface area contributed by atoms with E-state index in [1.807, 2.05) is 30.5 Å². The smallest absolute Gasteiger partial charge is 0.129 e.